The van der Waals surface area contributed by atoms with E-state index in [1.807, 2.05) is 0 Å². The second-order valence-electron chi connectivity index (χ2n) is 0.439. The summed E-state index contributed by atoms with van der Waals surface area (Å²) in [6, 6.07) is 0. The largest absolute Gasteiger partial charge is 2.00 e. The van der Waals surface area contributed by atoms with Gasteiger partial charge in [0.25, 0.3) is 21.1 Å². The van der Waals surface area contributed by atoms with Crippen molar-refractivity contribution in [3.8, 4) is 0 Å². The number of carbonyl (C=O) groups excluding carboxylic acids is 1. The van der Waals surface area contributed by atoms with Gasteiger partial charge in [-0.25, -0.2) is 0 Å². The van der Waals surface area contributed by atoms with Crippen LogP contribution in [0, 0.1) is 0 Å². The summed E-state index contributed by atoms with van der Waals surface area (Å²) < 4.78 is 25.7. The van der Waals surface area contributed by atoms with Gasteiger partial charge in [-0.3, -0.25) is 0 Å². The van der Waals surface area contributed by atoms with Crippen LogP contribution in [0.4, 0.5) is 4.79 Å². The summed E-state index contributed by atoms with van der Waals surface area (Å²) in [5, 5.41) is 16.7. The number of carbonyl (C=O) groups is 1. The van der Waals surface area contributed by atoms with Crippen LogP contribution in [0.5, 0.6) is 0 Å². The molecule has 0 aromatic carbocycles. The molecule has 6 nitrogen and oxygen atoms in total. The van der Waals surface area contributed by atoms with Crippen molar-refractivity contribution >= 4 is 43.9 Å². The smallest absolute Gasteiger partial charge is 0.652 e. The van der Waals surface area contributed by atoms with Gasteiger partial charge in [0, 0.05) is 0 Å². The summed E-state index contributed by atoms with van der Waals surface area (Å²) in [6.07, 6.45) is -2.33. The number of hydrogen-bond donors (Lipinski definition) is 0. The quantitative estimate of drug-likeness (QED) is 0.320. The fourth-order valence-corrected chi connectivity index (χ4v) is 0. The Balaban J connectivity index is -0.0000000300. The van der Waals surface area contributed by atoms with Crippen LogP contribution >= 0.6 is 0 Å². The first-order chi connectivity index (χ1) is 3.46. The van der Waals surface area contributed by atoms with Crippen LogP contribution in [0.2, 0.25) is 0 Å². The van der Waals surface area contributed by atoms with Crippen molar-refractivity contribution in [1.82, 2.24) is 0 Å². The third kappa shape index (κ3) is 263. The molecule has 0 aliphatic rings. The molecule has 0 aromatic heterocycles. The second kappa shape index (κ2) is 17.0. The van der Waals surface area contributed by atoms with E-state index in [0.29, 0.717) is 0 Å². The van der Waals surface area contributed by atoms with E-state index < -0.39 is 27.2 Å². The molecule has 0 amide bonds. The Kier molecular flexibility index (Phi) is 38.3. The molecule has 0 saturated carbocycles. The maximum Gasteiger partial charge on any atom is 2.00 e. The van der Waals surface area contributed by atoms with Crippen molar-refractivity contribution < 1.29 is 63.4 Å². The predicted molar refractivity (Wildman–Crippen MR) is 11.1 cm³/mol. The summed E-state index contributed by atoms with van der Waals surface area (Å²) >= 11 is -4.01. The monoisotopic (exact) mass is 330 g/mol. The summed E-state index contributed by atoms with van der Waals surface area (Å²) in [6.45, 7) is 0. The van der Waals surface area contributed by atoms with Crippen molar-refractivity contribution in [2.45, 2.75) is 0 Å². The normalized spacial score (nSPS) is 6.00. The molecule has 0 rings (SSSR count). The van der Waals surface area contributed by atoms with E-state index in [9.17, 15) is 0 Å². The summed E-state index contributed by atoms with van der Waals surface area (Å²) in [7, 11) is 0. The first-order valence-electron chi connectivity index (χ1n) is 1.08. The fraction of sp³-hybridized carbons (Fsp3) is 0. The molecule has 0 aliphatic heterocycles. The molecule has 0 heterocycles. The molecule has 0 atom stereocenters. The third-order valence-electron chi connectivity index (χ3n) is 0. The standard InChI is InChI=1S/CH2O3.Ca.IO3.Mn/c2-1(3)4;;2-1(3)4;/h(H2,2,3,4);;;/q;+2;-1;+2/p-2. The zero-order chi connectivity index (χ0) is 7.15. The Morgan fingerprint density at radius 2 is 1.10 bits per heavy atom. The van der Waals surface area contributed by atoms with Gasteiger partial charge in [0.2, 0.25) is 0 Å². The average molecular weight is 330 g/mol. The molecule has 1 radical (unpaired) electrons. The van der Waals surface area contributed by atoms with E-state index in [-0.39, 0.29) is 54.8 Å². The minimum absolute atomic E-state index is 0. The molecule has 0 aromatic rings. The van der Waals surface area contributed by atoms with E-state index in [4.69, 9.17) is 25.3 Å². The van der Waals surface area contributed by atoms with Crippen LogP contribution < -0.4 is 41.6 Å². The first-order valence-corrected chi connectivity index (χ1v) is 3.72. The average Bonchev–Trinajstić information content (AvgIpc) is 1.25. The Morgan fingerprint density at radius 1 is 1.10 bits per heavy atom. The molecule has 0 fully saturated rings. The molecule has 55 valence electrons. The number of hydrogen-bond acceptors (Lipinski definition) is 6. The SMILES string of the molecule is O=C([O-])[O-].[Ca+2].[Mn+2].[O-][I+2]([O-])[O-]. The second-order valence-corrected chi connectivity index (χ2v) is 1.52. The van der Waals surface area contributed by atoms with Gasteiger partial charge >= 0.3 is 54.8 Å². The van der Waals surface area contributed by atoms with Gasteiger partial charge < -0.3 is 25.3 Å². The minimum Gasteiger partial charge on any atom is -0.652 e. The van der Waals surface area contributed by atoms with Gasteiger partial charge in [-0.1, -0.05) is 0 Å². The van der Waals surface area contributed by atoms with Crippen LogP contribution in [-0.2, 0) is 17.1 Å². The van der Waals surface area contributed by atoms with Crippen molar-refractivity contribution in [3.05, 3.63) is 0 Å². The molecular formula is CCaIMnO6+. The number of halogens is 1. The Hall–Kier alpha value is 1.66. The Morgan fingerprint density at radius 3 is 1.10 bits per heavy atom. The molecule has 0 unspecified atom stereocenters. The molecule has 0 spiro atoms. The van der Waals surface area contributed by atoms with Crippen molar-refractivity contribution in [2.24, 2.45) is 0 Å². The Labute approximate surface area is 106 Å². The van der Waals surface area contributed by atoms with Gasteiger partial charge in [0.15, 0.2) is 0 Å². The zero-order valence-corrected chi connectivity index (χ0v) is 9.96. The molecule has 9 heteroatoms. The van der Waals surface area contributed by atoms with Gasteiger partial charge in [0.1, 0.15) is 0 Å². The summed E-state index contributed by atoms with van der Waals surface area (Å²) in [5.41, 5.74) is 0. The third-order valence-corrected chi connectivity index (χ3v) is 0. The topological polar surface area (TPSA) is 132 Å². The van der Waals surface area contributed by atoms with Gasteiger partial charge in [-0.15, -0.1) is 0 Å². The van der Waals surface area contributed by atoms with E-state index >= 15 is 0 Å². The fourth-order valence-electron chi connectivity index (χ4n) is 0. The van der Waals surface area contributed by atoms with Gasteiger partial charge in [-0.2, -0.15) is 0 Å². The van der Waals surface area contributed by atoms with Crippen LogP contribution in [0.3, 0.4) is 0 Å². The number of carboxylic acid groups (broad SMARTS) is 2. The molecule has 0 saturated heterocycles. The van der Waals surface area contributed by atoms with Gasteiger partial charge in [0.05, 0.1) is 0 Å². The van der Waals surface area contributed by atoms with E-state index in [2.05, 4.69) is 0 Å². The molecule has 0 N–H and O–H groups in total. The van der Waals surface area contributed by atoms with Crippen molar-refractivity contribution in [1.29, 1.82) is 0 Å². The van der Waals surface area contributed by atoms with Crippen LogP contribution in [0.25, 0.3) is 0 Å². The summed E-state index contributed by atoms with van der Waals surface area (Å²) in [4.78, 5) is 8.33. The molecule has 10 heavy (non-hydrogen) atoms. The van der Waals surface area contributed by atoms with Crippen LogP contribution in [0.15, 0.2) is 0 Å². The van der Waals surface area contributed by atoms with Crippen molar-refractivity contribution in [2.75, 3.05) is 0 Å². The molecule has 0 aliphatic carbocycles. The predicted octanol–water partition coefficient (Wildman–Crippen LogP) is -9.39. The van der Waals surface area contributed by atoms with Gasteiger partial charge in [-0.05, 0) is 6.16 Å². The first kappa shape index (κ1) is 22.6. The molecule has 0 bridgehead atoms. The van der Waals surface area contributed by atoms with E-state index in [0.717, 1.165) is 0 Å². The maximum atomic E-state index is 8.57. The maximum absolute atomic E-state index is 8.57. The van der Waals surface area contributed by atoms with E-state index in [1.165, 1.54) is 0 Å². The Bertz CT molecular complexity index is 62.0. The van der Waals surface area contributed by atoms with Crippen LogP contribution in [-0.4, -0.2) is 43.9 Å². The van der Waals surface area contributed by atoms with E-state index in [1.54, 1.807) is 0 Å². The van der Waals surface area contributed by atoms with Crippen LogP contribution in [0.1, 0.15) is 0 Å². The van der Waals surface area contributed by atoms with Crippen molar-refractivity contribution in [3.63, 3.8) is 0 Å². The molecular weight excluding hydrogens is 330 g/mol. The minimum atomic E-state index is -4.01. The summed E-state index contributed by atoms with van der Waals surface area (Å²) in [5.74, 6) is 0. The number of rotatable bonds is 0. The zero-order valence-electron chi connectivity index (χ0n) is 4.41.